The van der Waals surface area contributed by atoms with Gasteiger partial charge in [0.1, 0.15) is 11.5 Å². The molecule has 0 heterocycles. The van der Waals surface area contributed by atoms with Gasteiger partial charge in [0.05, 0.1) is 5.69 Å². The van der Waals surface area contributed by atoms with E-state index in [1.807, 2.05) is 0 Å². The summed E-state index contributed by atoms with van der Waals surface area (Å²) in [7, 11) is 0. The molecule has 0 aliphatic carbocycles. The van der Waals surface area contributed by atoms with Gasteiger partial charge in [0.2, 0.25) is 0 Å². The highest BCUT2D eigenvalue weighted by molar-refractivity contribution is 5.93. The van der Waals surface area contributed by atoms with Crippen LogP contribution in [0.5, 0.6) is 11.5 Å². The summed E-state index contributed by atoms with van der Waals surface area (Å²) in [6.07, 6.45) is -4.45. The molecule has 0 radical (unpaired) electrons. The molecule has 2 aromatic rings. The van der Waals surface area contributed by atoms with Crippen LogP contribution in [0.3, 0.4) is 0 Å². The fourth-order valence-corrected chi connectivity index (χ4v) is 1.71. The monoisotopic (exact) mass is 325 g/mol. The number of hydrogen-bond donors (Lipinski definition) is 1. The van der Waals surface area contributed by atoms with E-state index in [1.54, 1.807) is 36.4 Å². The molecule has 0 aliphatic rings. The van der Waals surface area contributed by atoms with Crippen LogP contribution in [0.4, 0.5) is 18.9 Å². The Labute approximate surface area is 130 Å². The highest BCUT2D eigenvalue weighted by Crippen LogP contribution is 2.26. The number of alkyl halides is 3. The maximum atomic E-state index is 12.2. The molecule has 2 aromatic carbocycles. The summed E-state index contributed by atoms with van der Waals surface area (Å²) in [6, 6.07) is 14.6. The van der Waals surface area contributed by atoms with Crippen molar-refractivity contribution in [2.24, 2.45) is 0 Å². The lowest BCUT2D eigenvalue weighted by Gasteiger charge is -2.14. The molecule has 0 bridgehead atoms. The van der Waals surface area contributed by atoms with Crippen molar-refractivity contribution in [1.82, 2.24) is 0 Å². The molecular weight excluding hydrogens is 311 g/mol. The molecule has 0 atom stereocenters. The quantitative estimate of drug-likeness (QED) is 0.882. The Morgan fingerprint density at radius 1 is 0.957 bits per heavy atom. The van der Waals surface area contributed by atoms with E-state index in [9.17, 15) is 18.0 Å². The Balaban J connectivity index is 1.92. The molecule has 1 amide bonds. The summed E-state index contributed by atoms with van der Waals surface area (Å²) in [4.78, 5) is 11.8. The molecule has 7 heteroatoms. The topological polar surface area (TPSA) is 47.6 Å². The second kappa shape index (κ2) is 7.53. The van der Waals surface area contributed by atoms with E-state index in [0.29, 0.717) is 5.75 Å². The molecule has 0 unspecified atom stereocenters. The molecule has 0 aliphatic heterocycles. The minimum atomic E-state index is -4.45. The van der Waals surface area contributed by atoms with Crippen molar-refractivity contribution in [2.75, 3.05) is 18.5 Å². The third kappa shape index (κ3) is 5.90. The summed E-state index contributed by atoms with van der Waals surface area (Å²) >= 11 is 0. The van der Waals surface area contributed by atoms with Gasteiger partial charge in [-0.15, -0.1) is 0 Å². The normalized spacial score (nSPS) is 10.9. The zero-order chi connectivity index (χ0) is 16.7. The van der Waals surface area contributed by atoms with Crippen molar-refractivity contribution >= 4 is 11.6 Å². The molecule has 23 heavy (non-hydrogen) atoms. The van der Waals surface area contributed by atoms with Gasteiger partial charge < -0.3 is 14.8 Å². The third-order valence-electron chi connectivity index (χ3n) is 2.67. The van der Waals surface area contributed by atoms with E-state index in [-0.39, 0.29) is 18.0 Å². The Morgan fingerprint density at radius 2 is 1.61 bits per heavy atom. The lowest BCUT2D eigenvalue weighted by molar-refractivity contribution is -0.153. The van der Waals surface area contributed by atoms with Crippen LogP contribution in [0.1, 0.15) is 0 Å². The van der Waals surface area contributed by atoms with Gasteiger partial charge in [0.25, 0.3) is 5.91 Å². The average molecular weight is 325 g/mol. The number of benzene rings is 2. The number of nitrogens with one attached hydrogen (secondary N) is 1. The van der Waals surface area contributed by atoms with E-state index in [0.717, 1.165) is 0 Å². The maximum Gasteiger partial charge on any atom is 0.422 e. The number of para-hydroxylation sites is 3. The van der Waals surface area contributed by atoms with Gasteiger partial charge in [-0.25, -0.2) is 0 Å². The van der Waals surface area contributed by atoms with Crippen LogP contribution in [0.25, 0.3) is 0 Å². The second-order valence-corrected chi connectivity index (χ2v) is 4.55. The highest BCUT2D eigenvalue weighted by atomic mass is 19.4. The van der Waals surface area contributed by atoms with Gasteiger partial charge >= 0.3 is 6.18 Å². The Morgan fingerprint density at radius 3 is 2.30 bits per heavy atom. The minimum Gasteiger partial charge on any atom is -0.484 e. The van der Waals surface area contributed by atoms with Gasteiger partial charge in [-0.1, -0.05) is 30.3 Å². The summed E-state index contributed by atoms with van der Waals surface area (Å²) in [5.74, 6) is -0.0425. The molecule has 0 aromatic heterocycles. The van der Waals surface area contributed by atoms with Gasteiger partial charge in [-0.3, -0.25) is 4.79 Å². The van der Waals surface area contributed by atoms with Gasteiger partial charge in [-0.05, 0) is 24.3 Å². The largest absolute Gasteiger partial charge is 0.484 e. The molecule has 2 rings (SSSR count). The summed E-state index contributed by atoms with van der Waals surface area (Å²) in [5.41, 5.74) is 0.151. The van der Waals surface area contributed by atoms with E-state index in [1.165, 1.54) is 18.2 Å². The van der Waals surface area contributed by atoms with Crippen LogP contribution in [-0.2, 0) is 4.79 Å². The van der Waals surface area contributed by atoms with Crippen LogP contribution in [0, 0.1) is 0 Å². The van der Waals surface area contributed by atoms with Gasteiger partial charge in [0.15, 0.2) is 13.2 Å². The Bertz CT molecular complexity index is 645. The number of amides is 1. The molecule has 0 saturated heterocycles. The van der Waals surface area contributed by atoms with E-state index < -0.39 is 18.7 Å². The van der Waals surface area contributed by atoms with Crippen molar-refractivity contribution in [1.29, 1.82) is 0 Å². The molecule has 0 fully saturated rings. The van der Waals surface area contributed by atoms with E-state index in [4.69, 9.17) is 4.74 Å². The molecule has 0 spiro atoms. The number of anilines is 1. The molecule has 1 N–H and O–H groups in total. The molecule has 0 saturated carbocycles. The van der Waals surface area contributed by atoms with Gasteiger partial charge in [0, 0.05) is 0 Å². The summed E-state index contributed by atoms with van der Waals surface area (Å²) in [5, 5.41) is 2.46. The van der Waals surface area contributed by atoms with Crippen molar-refractivity contribution < 1.29 is 27.4 Å². The number of hydrogen-bond acceptors (Lipinski definition) is 3. The predicted octanol–water partition coefficient (Wildman–Crippen LogP) is 3.65. The van der Waals surface area contributed by atoms with Crippen LogP contribution in [0.2, 0.25) is 0 Å². The fraction of sp³-hybridized carbons (Fsp3) is 0.188. The molecular formula is C16H14F3NO3. The first-order chi connectivity index (χ1) is 10.9. The standard InChI is InChI=1S/C16H14F3NO3/c17-16(18,19)11-23-14-9-5-4-8-13(14)20-15(21)10-22-12-6-2-1-3-7-12/h1-9H,10-11H2,(H,20,21). The number of halogens is 3. The van der Waals surface area contributed by atoms with E-state index in [2.05, 4.69) is 10.1 Å². The third-order valence-corrected chi connectivity index (χ3v) is 2.67. The number of carbonyl (C=O) groups is 1. The number of ether oxygens (including phenoxy) is 2. The lowest BCUT2D eigenvalue weighted by Crippen LogP contribution is -2.22. The summed E-state index contributed by atoms with van der Waals surface area (Å²) in [6.45, 7) is -1.70. The SMILES string of the molecule is O=C(COc1ccccc1)Nc1ccccc1OCC(F)(F)F. The number of carbonyl (C=O) groups excluding carboxylic acids is 1. The number of rotatable bonds is 6. The minimum absolute atomic E-state index is 0.0575. The first-order valence-corrected chi connectivity index (χ1v) is 6.70. The Hall–Kier alpha value is -2.70. The lowest BCUT2D eigenvalue weighted by atomic mass is 10.3. The predicted molar refractivity (Wildman–Crippen MR) is 78.6 cm³/mol. The smallest absolute Gasteiger partial charge is 0.422 e. The van der Waals surface area contributed by atoms with Crippen LogP contribution >= 0.6 is 0 Å². The van der Waals surface area contributed by atoms with E-state index >= 15 is 0 Å². The average Bonchev–Trinajstić information content (AvgIpc) is 2.52. The van der Waals surface area contributed by atoms with Crippen molar-refractivity contribution in [3.05, 3.63) is 54.6 Å². The first kappa shape index (κ1) is 16.7. The van der Waals surface area contributed by atoms with Crippen molar-refractivity contribution in [2.45, 2.75) is 6.18 Å². The zero-order valence-electron chi connectivity index (χ0n) is 12.0. The fourth-order valence-electron chi connectivity index (χ4n) is 1.71. The first-order valence-electron chi connectivity index (χ1n) is 6.70. The van der Waals surface area contributed by atoms with Crippen LogP contribution < -0.4 is 14.8 Å². The Kier molecular flexibility index (Phi) is 5.46. The van der Waals surface area contributed by atoms with Crippen molar-refractivity contribution in [3.8, 4) is 11.5 Å². The summed E-state index contributed by atoms with van der Waals surface area (Å²) < 4.78 is 46.6. The molecule has 122 valence electrons. The second-order valence-electron chi connectivity index (χ2n) is 4.55. The molecule has 4 nitrogen and oxygen atoms in total. The zero-order valence-corrected chi connectivity index (χ0v) is 12.0. The van der Waals surface area contributed by atoms with Gasteiger partial charge in [-0.2, -0.15) is 13.2 Å². The van der Waals surface area contributed by atoms with Crippen molar-refractivity contribution in [3.63, 3.8) is 0 Å². The highest BCUT2D eigenvalue weighted by Gasteiger charge is 2.28. The maximum absolute atomic E-state index is 12.2. The van der Waals surface area contributed by atoms with Crippen LogP contribution in [0.15, 0.2) is 54.6 Å². The van der Waals surface area contributed by atoms with Crippen LogP contribution in [-0.4, -0.2) is 25.3 Å².